The molecule has 24 heavy (non-hydrogen) atoms. The molecule has 0 radical (unpaired) electrons. The van der Waals surface area contributed by atoms with Gasteiger partial charge in [-0.2, -0.15) is 0 Å². The second-order valence-electron chi connectivity index (χ2n) is 6.28. The van der Waals surface area contributed by atoms with Crippen LogP contribution in [-0.4, -0.2) is 55.8 Å². The second kappa shape index (κ2) is 6.27. The van der Waals surface area contributed by atoms with E-state index in [2.05, 4.69) is 14.6 Å². The van der Waals surface area contributed by atoms with Gasteiger partial charge in [0.05, 0.1) is 5.92 Å². The Kier molecular flexibility index (Phi) is 3.97. The summed E-state index contributed by atoms with van der Waals surface area (Å²) >= 11 is 1.16. The first kappa shape index (κ1) is 15.2. The van der Waals surface area contributed by atoms with Crippen molar-refractivity contribution in [2.75, 3.05) is 19.6 Å². The fourth-order valence-electron chi connectivity index (χ4n) is 3.56. The number of pyridine rings is 1. The van der Waals surface area contributed by atoms with Gasteiger partial charge in [-0.25, -0.2) is 0 Å². The molecule has 4 heterocycles. The lowest BCUT2D eigenvalue weighted by Crippen LogP contribution is -2.44. The van der Waals surface area contributed by atoms with Gasteiger partial charge in [0.15, 0.2) is 5.69 Å². The lowest BCUT2D eigenvalue weighted by Gasteiger charge is -2.33. The average molecular weight is 343 g/mol. The first-order valence-electron chi connectivity index (χ1n) is 7.96. The van der Waals surface area contributed by atoms with Crippen molar-refractivity contribution in [3.05, 3.63) is 41.2 Å². The number of rotatable bonds is 3. The highest BCUT2D eigenvalue weighted by Crippen LogP contribution is 2.33. The van der Waals surface area contributed by atoms with Crippen LogP contribution >= 0.6 is 11.5 Å². The Bertz CT molecular complexity index is 736. The van der Waals surface area contributed by atoms with Crippen LogP contribution in [0, 0.1) is 11.8 Å². The molecule has 2 fully saturated rings. The average Bonchev–Trinajstić information content (AvgIpc) is 3.27. The van der Waals surface area contributed by atoms with Crippen LogP contribution in [-0.2, 0) is 11.3 Å². The highest BCUT2D eigenvalue weighted by molar-refractivity contribution is 7.03. The number of hydrogen-bond acceptors (Lipinski definition) is 6. The molecule has 2 aromatic heterocycles. The molecule has 0 N–H and O–H groups in total. The summed E-state index contributed by atoms with van der Waals surface area (Å²) in [6, 6.07) is 3.86. The van der Waals surface area contributed by atoms with Crippen molar-refractivity contribution in [2.24, 2.45) is 11.8 Å². The van der Waals surface area contributed by atoms with E-state index in [1.165, 1.54) is 0 Å². The number of fused-ring (bicyclic) bond motifs is 1. The fraction of sp³-hybridized carbons (Fsp3) is 0.438. The standard InChI is InChI=1S/C16H17N5O2S/c22-15-13-9-21(16(23)14-10-24-19-18-14)8-12(13)3-5-20(15)7-11-2-1-4-17-6-11/h1-2,4,6,10,12-13H,3,5,7-9H2. The minimum atomic E-state index is -0.121. The van der Waals surface area contributed by atoms with Gasteiger partial charge in [-0.05, 0) is 35.5 Å². The third kappa shape index (κ3) is 2.77. The van der Waals surface area contributed by atoms with E-state index < -0.39 is 0 Å². The molecular formula is C16H17N5O2S. The largest absolute Gasteiger partial charge is 0.338 e. The zero-order valence-corrected chi connectivity index (χ0v) is 13.9. The van der Waals surface area contributed by atoms with Crippen LogP contribution in [0.15, 0.2) is 29.9 Å². The summed E-state index contributed by atoms with van der Waals surface area (Å²) in [5, 5.41) is 5.50. The van der Waals surface area contributed by atoms with Gasteiger partial charge in [0.25, 0.3) is 5.91 Å². The summed E-state index contributed by atoms with van der Waals surface area (Å²) in [5.41, 5.74) is 1.40. The molecule has 2 unspecified atom stereocenters. The SMILES string of the molecule is O=C(c1csnn1)N1CC2CCN(Cc3cccnc3)C(=O)C2C1. The number of amides is 2. The van der Waals surface area contributed by atoms with Crippen molar-refractivity contribution in [1.82, 2.24) is 24.4 Å². The van der Waals surface area contributed by atoms with Crippen LogP contribution in [0.1, 0.15) is 22.5 Å². The van der Waals surface area contributed by atoms with Gasteiger partial charge >= 0.3 is 0 Å². The van der Waals surface area contributed by atoms with Gasteiger partial charge in [0, 0.05) is 44.0 Å². The van der Waals surface area contributed by atoms with E-state index in [1.807, 2.05) is 17.0 Å². The molecule has 7 nitrogen and oxygen atoms in total. The van der Waals surface area contributed by atoms with Crippen LogP contribution in [0.2, 0.25) is 0 Å². The topological polar surface area (TPSA) is 79.3 Å². The highest BCUT2D eigenvalue weighted by atomic mass is 32.1. The second-order valence-corrected chi connectivity index (χ2v) is 6.89. The van der Waals surface area contributed by atoms with E-state index in [-0.39, 0.29) is 23.7 Å². The van der Waals surface area contributed by atoms with Crippen molar-refractivity contribution in [3.8, 4) is 0 Å². The monoisotopic (exact) mass is 343 g/mol. The number of likely N-dealkylation sites (tertiary alicyclic amines) is 2. The van der Waals surface area contributed by atoms with Crippen molar-refractivity contribution < 1.29 is 9.59 Å². The third-order valence-corrected chi connectivity index (χ3v) is 5.31. The van der Waals surface area contributed by atoms with E-state index in [1.54, 1.807) is 22.7 Å². The predicted octanol–water partition coefficient (Wildman–Crippen LogP) is 1.05. The summed E-state index contributed by atoms with van der Waals surface area (Å²) in [6.07, 6.45) is 4.44. The molecule has 8 heteroatoms. The molecular weight excluding hydrogens is 326 g/mol. The Labute approximate surface area is 143 Å². The number of aromatic nitrogens is 3. The Morgan fingerprint density at radius 3 is 3.04 bits per heavy atom. The summed E-state index contributed by atoms with van der Waals surface area (Å²) in [5.74, 6) is 0.163. The molecule has 0 aromatic carbocycles. The Morgan fingerprint density at radius 2 is 2.29 bits per heavy atom. The lowest BCUT2D eigenvalue weighted by molar-refractivity contribution is -0.140. The molecule has 0 spiro atoms. The number of hydrogen-bond donors (Lipinski definition) is 0. The molecule has 2 amide bonds. The van der Waals surface area contributed by atoms with Crippen molar-refractivity contribution in [1.29, 1.82) is 0 Å². The van der Waals surface area contributed by atoms with Gasteiger partial charge in [-0.15, -0.1) is 5.10 Å². The molecule has 2 aliphatic heterocycles. The summed E-state index contributed by atoms with van der Waals surface area (Å²) in [6.45, 7) is 2.42. The molecule has 0 bridgehead atoms. The molecule has 2 saturated heterocycles. The lowest BCUT2D eigenvalue weighted by atomic mass is 9.88. The zero-order chi connectivity index (χ0) is 16.5. The normalized spacial score (nSPS) is 23.4. The van der Waals surface area contributed by atoms with Gasteiger partial charge in [0.2, 0.25) is 5.91 Å². The fourth-order valence-corrected chi connectivity index (χ4v) is 3.99. The van der Waals surface area contributed by atoms with Gasteiger partial charge in [-0.3, -0.25) is 14.6 Å². The van der Waals surface area contributed by atoms with E-state index >= 15 is 0 Å². The Morgan fingerprint density at radius 1 is 1.38 bits per heavy atom. The maximum absolute atomic E-state index is 12.8. The van der Waals surface area contributed by atoms with Crippen LogP contribution in [0.4, 0.5) is 0 Å². The first-order chi connectivity index (χ1) is 11.7. The quantitative estimate of drug-likeness (QED) is 0.832. The van der Waals surface area contributed by atoms with Gasteiger partial charge < -0.3 is 9.80 Å². The summed E-state index contributed by atoms with van der Waals surface area (Å²) < 4.78 is 3.74. The van der Waals surface area contributed by atoms with Crippen LogP contribution in [0.25, 0.3) is 0 Å². The Hall–Kier alpha value is -2.35. The van der Waals surface area contributed by atoms with Crippen molar-refractivity contribution in [3.63, 3.8) is 0 Å². The number of carbonyl (C=O) groups excluding carboxylic acids is 2. The molecule has 4 rings (SSSR count). The Balaban J connectivity index is 1.44. The molecule has 124 valence electrons. The number of carbonyl (C=O) groups is 2. The molecule has 0 saturated carbocycles. The van der Waals surface area contributed by atoms with E-state index in [9.17, 15) is 9.59 Å². The van der Waals surface area contributed by atoms with Gasteiger partial charge in [0.1, 0.15) is 0 Å². The van der Waals surface area contributed by atoms with E-state index in [4.69, 9.17) is 0 Å². The summed E-state index contributed by atoms with van der Waals surface area (Å²) in [4.78, 5) is 33.0. The molecule has 2 aromatic rings. The smallest absolute Gasteiger partial charge is 0.275 e. The molecule has 0 aliphatic carbocycles. The zero-order valence-electron chi connectivity index (χ0n) is 13.0. The highest BCUT2D eigenvalue weighted by Gasteiger charge is 2.44. The van der Waals surface area contributed by atoms with Crippen LogP contribution < -0.4 is 0 Å². The predicted molar refractivity (Wildman–Crippen MR) is 87.1 cm³/mol. The van der Waals surface area contributed by atoms with E-state index in [0.717, 1.165) is 30.1 Å². The molecule has 2 atom stereocenters. The van der Waals surface area contributed by atoms with Gasteiger partial charge in [-0.1, -0.05) is 10.6 Å². The molecule has 2 aliphatic rings. The maximum atomic E-state index is 12.8. The third-order valence-electron chi connectivity index (χ3n) is 4.80. The minimum Gasteiger partial charge on any atom is -0.338 e. The minimum absolute atomic E-state index is 0.106. The summed E-state index contributed by atoms with van der Waals surface area (Å²) in [7, 11) is 0. The maximum Gasteiger partial charge on any atom is 0.275 e. The number of piperidine rings is 1. The van der Waals surface area contributed by atoms with Crippen LogP contribution in [0.5, 0.6) is 0 Å². The van der Waals surface area contributed by atoms with Crippen molar-refractivity contribution >= 4 is 23.3 Å². The first-order valence-corrected chi connectivity index (χ1v) is 8.80. The van der Waals surface area contributed by atoms with E-state index in [0.29, 0.717) is 25.3 Å². The number of nitrogens with zero attached hydrogens (tertiary/aromatic N) is 5. The van der Waals surface area contributed by atoms with Crippen LogP contribution in [0.3, 0.4) is 0 Å². The van der Waals surface area contributed by atoms with Crippen molar-refractivity contribution in [2.45, 2.75) is 13.0 Å².